The highest BCUT2D eigenvalue weighted by Crippen LogP contribution is 2.49. The van der Waals surface area contributed by atoms with E-state index >= 15 is 0 Å². The van der Waals surface area contributed by atoms with E-state index in [2.05, 4.69) is 5.32 Å². The van der Waals surface area contributed by atoms with Crippen LogP contribution in [-0.2, 0) is 14.3 Å². The Bertz CT molecular complexity index is 329. The second-order valence-electron chi connectivity index (χ2n) is 5.98. The largest absolute Gasteiger partial charge is 0.396 e. The fraction of sp³-hybridized carbons (Fsp3) is 0.929. The quantitative estimate of drug-likeness (QED) is 0.586. The highest BCUT2D eigenvalue weighted by atomic mass is 16.5. The summed E-state index contributed by atoms with van der Waals surface area (Å²) in [4.78, 5) is 12.4. The Kier molecular flexibility index (Phi) is 5.94. The minimum absolute atomic E-state index is 0.00182. The molecular weight excluding hydrogens is 260 g/mol. The summed E-state index contributed by atoms with van der Waals surface area (Å²) in [7, 11) is 1.56. The first-order chi connectivity index (χ1) is 9.33. The van der Waals surface area contributed by atoms with Gasteiger partial charge in [-0.2, -0.15) is 0 Å². The van der Waals surface area contributed by atoms with E-state index in [1.54, 1.807) is 7.11 Å². The summed E-state index contributed by atoms with van der Waals surface area (Å²) in [6.07, 6.45) is 0.964. The first-order valence-corrected chi connectivity index (χ1v) is 7.14. The molecule has 0 bridgehead atoms. The van der Waals surface area contributed by atoms with E-state index in [0.29, 0.717) is 26.1 Å². The van der Waals surface area contributed by atoms with Crippen molar-refractivity contribution in [1.29, 1.82) is 0 Å². The number of methoxy groups -OCH3 is 1. The summed E-state index contributed by atoms with van der Waals surface area (Å²) in [6, 6.07) is -0.222. The Hall–Kier alpha value is -0.690. The molecule has 1 aliphatic carbocycles. The van der Waals surface area contributed by atoms with Crippen LogP contribution in [0, 0.1) is 5.41 Å². The van der Waals surface area contributed by atoms with Gasteiger partial charge in [-0.15, -0.1) is 0 Å². The second-order valence-corrected chi connectivity index (χ2v) is 5.98. The Morgan fingerprint density at radius 2 is 2.20 bits per heavy atom. The summed E-state index contributed by atoms with van der Waals surface area (Å²) in [5.74, 6) is -0.200. The fourth-order valence-electron chi connectivity index (χ4n) is 2.69. The third-order valence-electron chi connectivity index (χ3n) is 4.42. The molecule has 0 spiro atoms. The monoisotopic (exact) mass is 288 g/mol. The molecule has 0 aromatic rings. The number of hydrogen-bond donors (Lipinski definition) is 3. The number of amides is 1. The van der Waals surface area contributed by atoms with Crippen molar-refractivity contribution in [2.45, 2.75) is 51.3 Å². The molecule has 0 aliphatic heterocycles. The molecule has 3 atom stereocenters. The lowest BCUT2D eigenvalue weighted by Crippen LogP contribution is -2.76. The average molecular weight is 288 g/mol. The van der Waals surface area contributed by atoms with Crippen LogP contribution in [0.5, 0.6) is 0 Å². The zero-order chi connectivity index (χ0) is 15.4. The van der Waals surface area contributed by atoms with Gasteiger partial charge in [-0.25, -0.2) is 0 Å². The Morgan fingerprint density at radius 1 is 1.55 bits per heavy atom. The van der Waals surface area contributed by atoms with Gasteiger partial charge in [0.2, 0.25) is 5.91 Å². The zero-order valence-corrected chi connectivity index (χ0v) is 12.9. The average Bonchev–Trinajstić information content (AvgIpc) is 2.38. The lowest BCUT2D eigenvalue weighted by molar-refractivity contribution is -0.171. The molecule has 0 saturated heterocycles. The number of aliphatic hydroxyl groups is 1. The van der Waals surface area contributed by atoms with Gasteiger partial charge in [-0.05, 0) is 13.3 Å². The van der Waals surface area contributed by atoms with Crippen LogP contribution in [0.25, 0.3) is 0 Å². The molecule has 1 fully saturated rings. The second kappa shape index (κ2) is 6.85. The van der Waals surface area contributed by atoms with E-state index in [0.717, 1.165) is 0 Å². The van der Waals surface area contributed by atoms with Crippen molar-refractivity contribution < 1.29 is 19.4 Å². The number of ether oxygens (including phenoxy) is 2. The molecule has 1 amide bonds. The standard InChI is InChI=1S/C14H28N2O4/c1-5-20-11-8-14(15,13(11,2)3)12(18)16-10(6-7-17)9-19-4/h10-11,17H,5-9,15H2,1-4H3,(H,16,18). The predicted molar refractivity (Wildman–Crippen MR) is 76.2 cm³/mol. The molecule has 1 saturated carbocycles. The van der Waals surface area contributed by atoms with Crippen molar-refractivity contribution >= 4 is 5.91 Å². The molecule has 0 heterocycles. The topological polar surface area (TPSA) is 93.8 Å². The van der Waals surface area contributed by atoms with Crippen molar-refractivity contribution in [2.24, 2.45) is 11.1 Å². The molecule has 1 rings (SSSR count). The highest BCUT2D eigenvalue weighted by molar-refractivity contribution is 5.89. The number of rotatable bonds is 8. The third kappa shape index (κ3) is 3.14. The van der Waals surface area contributed by atoms with Crippen LogP contribution in [0.1, 0.15) is 33.6 Å². The summed E-state index contributed by atoms with van der Waals surface area (Å²) in [5.41, 5.74) is 4.94. The number of carbonyl (C=O) groups is 1. The molecule has 6 nitrogen and oxygen atoms in total. The van der Waals surface area contributed by atoms with Gasteiger partial charge < -0.3 is 25.6 Å². The SMILES string of the molecule is CCOC1CC(N)(C(=O)NC(CCO)COC)C1(C)C. The van der Waals surface area contributed by atoms with Crippen molar-refractivity contribution in [3.05, 3.63) is 0 Å². The number of nitrogens with two attached hydrogens (primary N) is 1. The number of aliphatic hydroxyl groups excluding tert-OH is 1. The third-order valence-corrected chi connectivity index (χ3v) is 4.42. The van der Waals surface area contributed by atoms with Gasteiger partial charge in [0, 0.05) is 32.2 Å². The molecule has 6 heteroatoms. The van der Waals surface area contributed by atoms with E-state index < -0.39 is 11.0 Å². The molecule has 0 aromatic carbocycles. The van der Waals surface area contributed by atoms with Crippen molar-refractivity contribution in [2.75, 3.05) is 26.9 Å². The van der Waals surface area contributed by atoms with Crippen LogP contribution in [0.2, 0.25) is 0 Å². The van der Waals surface area contributed by atoms with Crippen LogP contribution in [-0.4, -0.2) is 55.6 Å². The smallest absolute Gasteiger partial charge is 0.241 e. The maximum atomic E-state index is 12.4. The van der Waals surface area contributed by atoms with Crippen LogP contribution < -0.4 is 11.1 Å². The summed E-state index contributed by atoms with van der Waals surface area (Å²) >= 11 is 0. The maximum Gasteiger partial charge on any atom is 0.241 e. The summed E-state index contributed by atoms with van der Waals surface area (Å²) < 4.78 is 10.7. The Labute approximate surface area is 121 Å². The van der Waals surface area contributed by atoms with Gasteiger partial charge >= 0.3 is 0 Å². The first-order valence-electron chi connectivity index (χ1n) is 7.14. The van der Waals surface area contributed by atoms with Crippen LogP contribution >= 0.6 is 0 Å². The molecule has 3 unspecified atom stereocenters. The van der Waals surface area contributed by atoms with Gasteiger partial charge in [0.25, 0.3) is 0 Å². The normalized spacial score (nSPS) is 29.6. The van der Waals surface area contributed by atoms with Gasteiger partial charge in [0.05, 0.1) is 18.8 Å². The molecule has 4 N–H and O–H groups in total. The summed E-state index contributed by atoms with van der Waals surface area (Å²) in [6.45, 7) is 6.81. The lowest BCUT2D eigenvalue weighted by atomic mass is 9.54. The predicted octanol–water partition coefficient (Wildman–Crippen LogP) is 0.0325. The van der Waals surface area contributed by atoms with E-state index in [1.807, 2.05) is 20.8 Å². The molecule has 1 aliphatic rings. The Balaban J connectivity index is 2.67. The molecule has 20 heavy (non-hydrogen) atoms. The first kappa shape index (κ1) is 17.4. The van der Waals surface area contributed by atoms with Crippen molar-refractivity contribution in [3.8, 4) is 0 Å². The van der Waals surface area contributed by atoms with Gasteiger partial charge in [-0.1, -0.05) is 13.8 Å². The van der Waals surface area contributed by atoms with Crippen LogP contribution in [0.3, 0.4) is 0 Å². The van der Waals surface area contributed by atoms with Crippen LogP contribution in [0.15, 0.2) is 0 Å². The molecule has 0 radical (unpaired) electrons. The highest BCUT2D eigenvalue weighted by Gasteiger charge is 2.62. The van der Waals surface area contributed by atoms with Crippen molar-refractivity contribution in [3.63, 3.8) is 0 Å². The number of carbonyl (C=O) groups excluding carboxylic acids is 1. The van der Waals surface area contributed by atoms with E-state index in [4.69, 9.17) is 20.3 Å². The number of nitrogens with one attached hydrogen (secondary N) is 1. The van der Waals surface area contributed by atoms with Gasteiger partial charge in [0.1, 0.15) is 5.54 Å². The van der Waals surface area contributed by atoms with Gasteiger partial charge in [0.15, 0.2) is 0 Å². The minimum Gasteiger partial charge on any atom is -0.396 e. The van der Waals surface area contributed by atoms with E-state index in [1.165, 1.54) is 0 Å². The molecule has 0 aromatic heterocycles. The zero-order valence-electron chi connectivity index (χ0n) is 12.9. The number of hydrogen-bond acceptors (Lipinski definition) is 5. The van der Waals surface area contributed by atoms with E-state index in [9.17, 15) is 4.79 Å². The maximum absolute atomic E-state index is 12.4. The van der Waals surface area contributed by atoms with Crippen molar-refractivity contribution in [1.82, 2.24) is 5.32 Å². The fourth-order valence-corrected chi connectivity index (χ4v) is 2.69. The summed E-state index contributed by atoms with van der Waals surface area (Å²) in [5, 5.41) is 11.9. The van der Waals surface area contributed by atoms with E-state index in [-0.39, 0.29) is 24.7 Å². The lowest BCUT2D eigenvalue weighted by Gasteiger charge is -2.57. The minimum atomic E-state index is -0.936. The molecule has 118 valence electrons. The van der Waals surface area contributed by atoms with Gasteiger partial charge in [-0.3, -0.25) is 4.79 Å². The Morgan fingerprint density at radius 3 is 2.65 bits per heavy atom. The van der Waals surface area contributed by atoms with Crippen LogP contribution in [0.4, 0.5) is 0 Å². The molecular formula is C14H28N2O4.